The average molecular weight is 84.1 g/mol. The van der Waals surface area contributed by atoms with E-state index in [1.807, 2.05) is 0 Å². The fourth-order valence-corrected chi connectivity index (χ4v) is 0.349. The molecule has 0 aliphatic carbocycles. The van der Waals surface area contributed by atoms with Crippen molar-refractivity contribution in [1.29, 1.82) is 0 Å². The van der Waals surface area contributed by atoms with Crippen LogP contribution in [0.1, 0.15) is 0 Å². The Morgan fingerprint density at radius 3 is 2.83 bits per heavy atom. The summed E-state index contributed by atoms with van der Waals surface area (Å²) in [5.41, 5.74) is 0. The zero-order valence-electron chi connectivity index (χ0n) is 3.39. The molecule has 1 rings (SSSR count). The molecular formula is C3H6N3. The molecule has 2 N–H and O–H groups in total. The Morgan fingerprint density at radius 2 is 2.67 bits per heavy atom. The molecule has 33 valence electrons. The molecule has 0 unspecified atom stereocenters. The highest BCUT2D eigenvalue weighted by Crippen LogP contribution is 1.81. The van der Waals surface area contributed by atoms with Crippen LogP contribution in [-0.4, -0.2) is 24.4 Å². The Morgan fingerprint density at radius 1 is 1.83 bits per heavy atom. The molecule has 1 aliphatic rings. The molecule has 0 aromatic rings. The molecule has 1 aliphatic heterocycles. The van der Waals surface area contributed by atoms with Gasteiger partial charge >= 0.3 is 0 Å². The van der Waals surface area contributed by atoms with Crippen LogP contribution in [0.25, 0.3) is 0 Å². The van der Waals surface area contributed by atoms with E-state index in [1.165, 1.54) is 5.01 Å². The standard InChI is InChI=1S/C3H6N3/c4-6-2-1-5-3-6/h1-2,4H2. The third-order valence-electron chi connectivity index (χ3n) is 0.652. The molecule has 3 heteroatoms. The zero-order valence-corrected chi connectivity index (χ0v) is 3.39. The molecule has 1 radical (unpaired) electrons. The molecule has 0 saturated heterocycles. The maximum absolute atomic E-state index is 5.16. The Bertz CT molecular complexity index is 68.4. The Hall–Kier alpha value is -0.570. The molecule has 0 atom stereocenters. The van der Waals surface area contributed by atoms with Gasteiger partial charge in [0.15, 0.2) is 6.34 Å². The number of nitrogens with zero attached hydrogens (tertiary/aromatic N) is 2. The van der Waals surface area contributed by atoms with Gasteiger partial charge in [0.05, 0.1) is 13.1 Å². The lowest BCUT2D eigenvalue weighted by molar-refractivity contribution is 0.495. The minimum absolute atomic E-state index is 0.802. The third-order valence-corrected chi connectivity index (χ3v) is 0.652. The van der Waals surface area contributed by atoms with Crippen molar-refractivity contribution in [2.24, 2.45) is 10.8 Å². The molecule has 1 heterocycles. The smallest absolute Gasteiger partial charge is 0.182 e. The van der Waals surface area contributed by atoms with E-state index in [2.05, 4.69) is 11.3 Å². The van der Waals surface area contributed by atoms with Crippen LogP contribution < -0.4 is 5.84 Å². The van der Waals surface area contributed by atoms with Crippen molar-refractivity contribution in [3.05, 3.63) is 0 Å². The van der Waals surface area contributed by atoms with Gasteiger partial charge in [-0.3, -0.25) is 10.0 Å². The van der Waals surface area contributed by atoms with Crippen molar-refractivity contribution in [2.75, 3.05) is 13.1 Å². The quantitative estimate of drug-likeness (QED) is 0.386. The number of nitrogens with two attached hydrogens (primary N) is 1. The van der Waals surface area contributed by atoms with E-state index < -0.39 is 0 Å². The summed E-state index contributed by atoms with van der Waals surface area (Å²) in [5, 5.41) is 1.44. The van der Waals surface area contributed by atoms with Crippen LogP contribution in [0, 0.1) is 0 Å². The lowest BCUT2D eigenvalue weighted by Crippen LogP contribution is -2.26. The van der Waals surface area contributed by atoms with Gasteiger partial charge < -0.3 is 0 Å². The van der Waals surface area contributed by atoms with Crippen molar-refractivity contribution in [3.8, 4) is 0 Å². The van der Waals surface area contributed by atoms with Gasteiger partial charge in [-0.25, -0.2) is 5.84 Å². The van der Waals surface area contributed by atoms with Crippen LogP contribution in [0.5, 0.6) is 0 Å². The van der Waals surface area contributed by atoms with Crippen LogP contribution in [0.2, 0.25) is 0 Å². The summed E-state index contributed by atoms with van der Waals surface area (Å²) in [6.45, 7) is 1.62. The minimum atomic E-state index is 0.802. The molecule has 0 fully saturated rings. The zero-order chi connectivity index (χ0) is 4.41. The molecule has 0 bridgehead atoms. The first-order valence-electron chi connectivity index (χ1n) is 1.84. The molecule has 0 saturated carbocycles. The highest BCUT2D eigenvalue weighted by atomic mass is 15.4. The van der Waals surface area contributed by atoms with Crippen molar-refractivity contribution in [2.45, 2.75) is 0 Å². The summed E-state index contributed by atoms with van der Waals surface area (Å²) in [6, 6.07) is 0. The first-order valence-corrected chi connectivity index (χ1v) is 1.84. The highest BCUT2D eigenvalue weighted by Gasteiger charge is 1.96. The predicted octanol–water partition coefficient (Wildman–Crippen LogP) is -0.919. The Labute approximate surface area is 36.4 Å². The van der Waals surface area contributed by atoms with E-state index in [1.54, 1.807) is 0 Å². The maximum atomic E-state index is 5.16. The van der Waals surface area contributed by atoms with Crippen molar-refractivity contribution in [1.82, 2.24) is 5.01 Å². The summed E-state index contributed by atoms with van der Waals surface area (Å²) >= 11 is 0. The number of rotatable bonds is 0. The normalized spacial score (nSPS) is 19.8. The molecule has 0 spiro atoms. The average Bonchev–Trinajstić information content (AvgIpc) is 1.86. The van der Waals surface area contributed by atoms with E-state index in [0.29, 0.717) is 0 Å². The topological polar surface area (TPSA) is 41.6 Å². The van der Waals surface area contributed by atoms with Gasteiger partial charge in [-0.2, -0.15) is 0 Å². The monoisotopic (exact) mass is 84.1 g/mol. The number of hydrogen-bond acceptors (Lipinski definition) is 3. The van der Waals surface area contributed by atoms with Gasteiger partial charge in [-0.1, -0.05) is 0 Å². The predicted molar refractivity (Wildman–Crippen MR) is 23.2 cm³/mol. The first kappa shape index (κ1) is 3.61. The fraction of sp³-hybridized carbons (Fsp3) is 0.667. The van der Waals surface area contributed by atoms with E-state index in [9.17, 15) is 0 Å². The van der Waals surface area contributed by atoms with Crippen LogP contribution in [0.3, 0.4) is 0 Å². The van der Waals surface area contributed by atoms with Crippen molar-refractivity contribution in [3.63, 3.8) is 0 Å². The van der Waals surface area contributed by atoms with Gasteiger partial charge in [0.25, 0.3) is 0 Å². The maximum Gasteiger partial charge on any atom is 0.182 e. The highest BCUT2D eigenvalue weighted by molar-refractivity contribution is 5.55. The Balaban J connectivity index is 2.38. The SMILES string of the molecule is NN1[C]=NCC1. The molecule has 6 heavy (non-hydrogen) atoms. The number of hydrazine groups is 1. The van der Waals surface area contributed by atoms with Crippen molar-refractivity contribution < 1.29 is 0 Å². The number of aliphatic imine (C=N–C) groups is 1. The summed E-state index contributed by atoms with van der Waals surface area (Å²) in [5.74, 6) is 5.16. The van der Waals surface area contributed by atoms with Gasteiger partial charge in [0.2, 0.25) is 0 Å². The van der Waals surface area contributed by atoms with E-state index in [4.69, 9.17) is 5.84 Å². The van der Waals surface area contributed by atoms with Crippen LogP contribution >= 0.6 is 0 Å². The molecule has 3 nitrogen and oxygen atoms in total. The molecule has 0 amide bonds. The van der Waals surface area contributed by atoms with Crippen LogP contribution in [0.4, 0.5) is 0 Å². The van der Waals surface area contributed by atoms with Crippen LogP contribution in [0.15, 0.2) is 4.99 Å². The van der Waals surface area contributed by atoms with Gasteiger partial charge in [0, 0.05) is 0 Å². The van der Waals surface area contributed by atoms with Crippen LogP contribution in [-0.2, 0) is 0 Å². The fourth-order valence-electron chi connectivity index (χ4n) is 0.349. The number of hydrogen-bond donors (Lipinski definition) is 1. The second-order valence-electron chi connectivity index (χ2n) is 1.18. The summed E-state index contributed by atoms with van der Waals surface area (Å²) in [4.78, 5) is 3.72. The summed E-state index contributed by atoms with van der Waals surface area (Å²) < 4.78 is 0. The summed E-state index contributed by atoms with van der Waals surface area (Å²) in [6.07, 6.45) is 2.56. The first-order chi connectivity index (χ1) is 2.89. The largest absolute Gasteiger partial charge is 0.290 e. The van der Waals surface area contributed by atoms with Gasteiger partial charge in [-0.05, 0) is 0 Å². The second-order valence-corrected chi connectivity index (χ2v) is 1.18. The third kappa shape index (κ3) is 0.490. The van der Waals surface area contributed by atoms with Gasteiger partial charge in [0.1, 0.15) is 0 Å². The molecular weight excluding hydrogens is 78.1 g/mol. The summed E-state index contributed by atoms with van der Waals surface area (Å²) in [7, 11) is 0. The van der Waals surface area contributed by atoms with Crippen molar-refractivity contribution >= 4 is 6.34 Å². The lowest BCUT2D eigenvalue weighted by atomic mass is 10.7. The second kappa shape index (κ2) is 1.26. The van der Waals surface area contributed by atoms with Gasteiger partial charge in [-0.15, -0.1) is 0 Å². The van der Waals surface area contributed by atoms with E-state index >= 15 is 0 Å². The molecule has 0 aromatic heterocycles. The Kier molecular flexibility index (Phi) is 0.759. The molecule has 0 aromatic carbocycles. The lowest BCUT2D eigenvalue weighted by Gasteiger charge is -1.98. The minimum Gasteiger partial charge on any atom is -0.290 e. The van der Waals surface area contributed by atoms with E-state index in [-0.39, 0.29) is 0 Å². The van der Waals surface area contributed by atoms with E-state index in [0.717, 1.165) is 13.1 Å².